The van der Waals surface area contributed by atoms with E-state index in [4.69, 9.17) is 5.11 Å². The van der Waals surface area contributed by atoms with Gasteiger partial charge in [-0.25, -0.2) is 9.78 Å². The second-order valence-corrected chi connectivity index (χ2v) is 3.77. The van der Waals surface area contributed by atoms with Crippen molar-refractivity contribution in [3.63, 3.8) is 0 Å². The van der Waals surface area contributed by atoms with Crippen LogP contribution in [0.4, 0.5) is 13.2 Å². The summed E-state index contributed by atoms with van der Waals surface area (Å²) in [6.07, 6.45) is -4.70. The number of aryl methyl sites for hydroxylation is 2. The lowest BCUT2D eigenvalue weighted by Crippen LogP contribution is -2.11. The lowest BCUT2D eigenvalue weighted by atomic mass is 10.1. The molecule has 0 atom stereocenters. The minimum Gasteiger partial charge on any atom is -0.478 e. The molecule has 0 aromatic carbocycles. The molecule has 0 aliphatic rings. The average molecular weight is 259 g/mol. The third-order valence-electron chi connectivity index (χ3n) is 2.49. The molecule has 2 heterocycles. The van der Waals surface area contributed by atoms with Crippen molar-refractivity contribution in [3.8, 4) is 0 Å². The second kappa shape index (κ2) is 3.69. The fraction of sp³-hybridized carbons (Fsp3) is 0.300. The molecular formula is C10H8F3N3O2. The number of rotatable bonds is 1. The number of fused-ring (bicyclic) bond motifs is 1. The number of carboxylic acids is 1. The summed E-state index contributed by atoms with van der Waals surface area (Å²) in [6.45, 7) is 1.52. The lowest BCUT2D eigenvalue weighted by Gasteiger charge is -2.07. The molecule has 0 spiro atoms. The summed E-state index contributed by atoms with van der Waals surface area (Å²) in [6, 6.07) is 0.527. The maximum atomic E-state index is 12.6. The number of carbonyl (C=O) groups is 1. The van der Waals surface area contributed by atoms with Crippen molar-refractivity contribution < 1.29 is 23.1 Å². The number of halogens is 3. The molecule has 0 aliphatic heterocycles. The van der Waals surface area contributed by atoms with Crippen molar-refractivity contribution in [2.24, 2.45) is 7.05 Å². The van der Waals surface area contributed by atoms with Crippen molar-refractivity contribution in [1.82, 2.24) is 14.8 Å². The van der Waals surface area contributed by atoms with Crippen molar-refractivity contribution in [1.29, 1.82) is 0 Å². The monoisotopic (exact) mass is 259 g/mol. The highest BCUT2D eigenvalue weighted by Crippen LogP contribution is 2.31. The number of aromatic carboxylic acids is 1. The average Bonchev–Trinajstić information content (AvgIpc) is 2.52. The van der Waals surface area contributed by atoms with Crippen LogP contribution in [0.1, 0.15) is 21.7 Å². The van der Waals surface area contributed by atoms with Gasteiger partial charge in [0.15, 0.2) is 5.65 Å². The van der Waals surface area contributed by atoms with Gasteiger partial charge in [0.05, 0.1) is 16.6 Å². The Kier molecular flexibility index (Phi) is 2.53. The van der Waals surface area contributed by atoms with Gasteiger partial charge in [-0.2, -0.15) is 18.3 Å². The standard InChI is InChI=1S/C10H8F3N3O2/c1-4-7-5(9(17)18)3-6(10(11,12)13)14-8(7)16(2)15-4/h3H,1-2H3,(H,17,18). The maximum absolute atomic E-state index is 12.6. The fourth-order valence-electron chi connectivity index (χ4n) is 1.76. The van der Waals surface area contributed by atoms with E-state index in [1.807, 2.05) is 0 Å². The molecule has 8 heteroatoms. The van der Waals surface area contributed by atoms with Gasteiger partial charge < -0.3 is 5.11 Å². The van der Waals surface area contributed by atoms with Crippen LogP contribution in [0.25, 0.3) is 11.0 Å². The first-order chi connectivity index (χ1) is 8.21. The van der Waals surface area contributed by atoms with Crippen LogP contribution in [-0.2, 0) is 13.2 Å². The Labute approximate surface area is 98.9 Å². The van der Waals surface area contributed by atoms with Gasteiger partial charge in [0.2, 0.25) is 0 Å². The summed E-state index contributed by atoms with van der Waals surface area (Å²) in [4.78, 5) is 14.4. The van der Waals surface area contributed by atoms with E-state index >= 15 is 0 Å². The molecule has 0 bridgehead atoms. The van der Waals surface area contributed by atoms with Crippen LogP contribution in [0.5, 0.6) is 0 Å². The predicted molar refractivity (Wildman–Crippen MR) is 55.2 cm³/mol. The molecule has 2 rings (SSSR count). The molecule has 96 valence electrons. The zero-order valence-corrected chi connectivity index (χ0v) is 9.41. The van der Waals surface area contributed by atoms with E-state index in [1.165, 1.54) is 14.0 Å². The van der Waals surface area contributed by atoms with E-state index in [0.717, 1.165) is 4.68 Å². The number of aromatic nitrogens is 3. The molecule has 0 aliphatic carbocycles. The Balaban J connectivity index is 2.90. The Morgan fingerprint density at radius 3 is 2.56 bits per heavy atom. The first-order valence-corrected chi connectivity index (χ1v) is 4.86. The number of carboxylic acid groups (broad SMARTS) is 1. The molecular weight excluding hydrogens is 251 g/mol. The summed E-state index contributed by atoms with van der Waals surface area (Å²) in [5, 5.41) is 13.0. The Morgan fingerprint density at radius 2 is 2.06 bits per heavy atom. The minimum absolute atomic E-state index is 0.0975. The molecule has 0 saturated carbocycles. The molecule has 0 saturated heterocycles. The fourth-order valence-corrected chi connectivity index (χ4v) is 1.76. The quantitative estimate of drug-likeness (QED) is 0.850. The predicted octanol–water partition coefficient (Wildman–Crippen LogP) is 1.99. The smallest absolute Gasteiger partial charge is 0.433 e. The van der Waals surface area contributed by atoms with E-state index in [2.05, 4.69) is 10.1 Å². The molecule has 18 heavy (non-hydrogen) atoms. The molecule has 2 aromatic rings. The van der Waals surface area contributed by atoms with Crippen LogP contribution < -0.4 is 0 Å². The minimum atomic E-state index is -4.70. The normalized spacial score (nSPS) is 12.1. The van der Waals surface area contributed by atoms with E-state index in [1.54, 1.807) is 0 Å². The first-order valence-electron chi connectivity index (χ1n) is 4.86. The van der Waals surface area contributed by atoms with Gasteiger partial charge in [-0.3, -0.25) is 4.68 Å². The number of alkyl halides is 3. The van der Waals surface area contributed by atoms with Crippen molar-refractivity contribution >= 4 is 17.0 Å². The van der Waals surface area contributed by atoms with Crippen LogP contribution in [0.15, 0.2) is 6.07 Å². The molecule has 5 nitrogen and oxygen atoms in total. The van der Waals surface area contributed by atoms with Crippen LogP contribution in [0.3, 0.4) is 0 Å². The summed E-state index contributed by atoms with van der Waals surface area (Å²) in [5.74, 6) is -1.44. The van der Waals surface area contributed by atoms with Crippen molar-refractivity contribution in [2.45, 2.75) is 13.1 Å². The summed E-state index contributed by atoms with van der Waals surface area (Å²) in [5.41, 5.74) is -1.46. The topological polar surface area (TPSA) is 68.0 Å². The maximum Gasteiger partial charge on any atom is 0.433 e. The summed E-state index contributed by atoms with van der Waals surface area (Å²) >= 11 is 0. The highest BCUT2D eigenvalue weighted by molar-refractivity contribution is 6.02. The van der Waals surface area contributed by atoms with Gasteiger partial charge in [0.1, 0.15) is 5.69 Å². The highest BCUT2D eigenvalue weighted by Gasteiger charge is 2.35. The zero-order chi connectivity index (χ0) is 13.7. The highest BCUT2D eigenvalue weighted by atomic mass is 19.4. The largest absolute Gasteiger partial charge is 0.478 e. The molecule has 2 aromatic heterocycles. The van der Waals surface area contributed by atoms with Gasteiger partial charge in [0.25, 0.3) is 0 Å². The van der Waals surface area contributed by atoms with Crippen LogP contribution in [-0.4, -0.2) is 25.8 Å². The SMILES string of the molecule is Cc1nn(C)c2nc(C(F)(F)F)cc(C(=O)O)c12. The Morgan fingerprint density at radius 1 is 1.44 bits per heavy atom. The van der Waals surface area contributed by atoms with Crippen molar-refractivity contribution in [2.75, 3.05) is 0 Å². The van der Waals surface area contributed by atoms with Gasteiger partial charge in [0, 0.05) is 7.05 Å². The first kappa shape index (κ1) is 12.3. The van der Waals surface area contributed by atoms with E-state index in [-0.39, 0.29) is 11.0 Å². The van der Waals surface area contributed by atoms with E-state index in [0.29, 0.717) is 11.8 Å². The van der Waals surface area contributed by atoms with Crippen LogP contribution >= 0.6 is 0 Å². The molecule has 0 unspecified atom stereocenters. The van der Waals surface area contributed by atoms with Gasteiger partial charge in [-0.15, -0.1) is 0 Å². The zero-order valence-electron chi connectivity index (χ0n) is 9.41. The number of hydrogen-bond acceptors (Lipinski definition) is 3. The summed E-state index contributed by atoms with van der Waals surface area (Å²) < 4.78 is 39.0. The van der Waals surface area contributed by atoms with Crippen molar-refractivity contribution in [3.05, 3.63) is 23.0 Å². The Bertz CT molecular complexity index is 646. The van der Waals surface area contributed by atoms with E-state index in [9.17, 15) is 18.0 Å². The van der Waals surface area contributed by atoms with Gasteiger partial charge in [-0.05, 0) is 13.0 Å². The number of hydrogen-bond donors (Lipinski definition) is 1. The van der Waals surface area contributed by atoms with Crippen LogP contribution in [0, 0.1) is 6.92 Å². The summed E-state index contributed by atoms with van der Waals surface area (Å²) in [7, 11) is 1.41. The second-order valence-electron chi connectivity index (χ2n) is 3.77. The Hall–Kier alpha value is -2.12. The molecule has 0 fully saturated rings. The van der Waals surface area contributed by atoms with Crippen LogP contribution in [0.2, 0.25) is 0 Å². The van der Waals surface area contributed by atoms with Gasteiger partial charge in [-0.1, -0.05) is 0 Å². The number of pyridine rings is 1. The number of nitrogens with zero attached hydrogens (tertiary/aromatic N) is 3. The molecule has 0 radical (unpaired) electrons. The lowest BCUT2D eigenvalue weighted by molar-refractivity contribution is -0.141. The van der Waals surface area contributed by atoms with E-state index < -0.39 is 23.4 Å². The third kappa shape index (κ3) is 1.79. The third-order valence-corrected chi connectivity index (χ3v) is 2.49. The molecule has 0 amide bonds. The van der Waals surface area contributed by atoms with Gasteiger partial charge >= 0.3 is 12.1 Å². The molecule has 1 N–H and O–H groups in total.